The number of para-hydroxylation sites is 1. The van der Waals surface area contributed by atoms with Crippen LogP contribution in [0.4, 0.5) is 5.69 Å². The van der Waals surface area contributed by atoms with Gasteiger partial charge in [-0.1, -0.05) is 18.2 Å². The predicted octanol–water partition coefficient (Wildman–Crippen LogP) is 4.39. The summed E-state index contributed by atoms with van der Waals surface area (Å²) in [5.74, 6) is -0.0855. The highest BCUT2D eigenvalue weighted by Crippen LogP contribution is 2.30. The van der Waals surface area contributed by atoms with E-state index >= 15 is 0 Å². The Bertz CT molecular complexity index is 553. The monoisotopic (exact) mass is 293 g/mol. The molecule has 0 radical (unpaired) electrons. The number of nitrogens with zero attached hydrogens (tertiary/aromatic N) is 1. The molecule has 0 saturated carbocycles. The molecule has 0 aliphatic rings. The van der Waals surface area contributed by atoms with Gasteiger partial charge in [0.15, 0.2) is 0 Å². The van der Waals surface area contributed by atoms with Gasteiger partial charge in [-0.15, -0.1) is 11.6 Å². The van der Waals surface area contributed by atoms with Gasteiger partial charge in [0.25, 0.3) is 0 Å². The van der Waals surface area contributed by atoms with Crippen LogP contribution >= 0.6 is 22.9 Å². The van der Waals surface area contributed by atoms with E-state index in [-0.39, 0.29) is 17.8 Å². The lowest BCUT2D eigenvalue weighted by atomic mass is 10.1. The molecule has 0 spiro atoms. The Labute approximate surface area is 122 Å². The molecule has 2 nitrogen and oxygen atoms in total. The third kappa shape index (κ3) is 2.99. The van der Waals surface area contributed by atoms with Crippen LogP contribution < -0.4 is 4.90 Å². The first-order valence-electron chi connectivity index (χ1n) is 6.11. The lowest BCUT2D eigenvalue weighted by Crippen LogP contribution is -2.34. The third-order valence-corrected chi connectivity index (χ3v) is 4.10. The number of aryl methyl sites for hydroxylation is 1. The van der Waals surface area contributed by atoms with E-state index in [0.717, 1.165) is 16.8 Å². The number of thiophene rings is 1. The molecule has 100 valence electrons. The first-order chi connectivity index (χ1) is 9.15. The van der Waals surface area contributed by atoms with Crippen LogP contribution in [0.1, 0.15) is 24.1 Å². The summed E-state index contributed by atoms with van der Waals surface area (Å²) in [5, 5.41) is 4.09. The molecule has 19 heavy (non-hydrogen) atoms. The van der Waals surface area contributed by atoms with Gasteiger partial charge in [-0.25, -0.2) is 0 Å². The van der Waals surface area contributed by atoms with Crippen molar-refractivity contribution in [3.8, 4) is 0 Å². The van der Waals surface area contributed by atoms with Gasteiger partial charge in [0.1, 0.15) is 5.88 Å². The number of rotatable bonds is 4. The fourth-order valence-electron chi connectivity index (χ4n) is 2.12. The molecule has 2 rings (SSSR count). The number of hydrogen-bond acceptors (Lipinski definition) is 2. The fraction of sp³-hybridized carbons (Fsp3) is 0.267. The van der Waals surface area contributed by atoms with Gasteiger partial charge in [0.05, 0.1) is 6.04 Å². The van der Waals surface area contributed by atoms with E-state index in [0.29, 0.717) is 0 Å². The lowest BCUT2D eigenvalue weighted by molar-refractivity contribution is -0.116. The molecular weight excluding hydrogens is 278 g/mol. The number of alkyl halides is 1. The summed E-state index contributed by atoms with van der Waals surface area (Å²) in [5.41, 5.74) is 3.13. The molecule has 0 N–H and O–H groups in total. The second-order valence-electron chi connectivity index (χ2n) is 4.42. The number of halogens is 1. The van der Waals surface area contributed by atoms with Crippen molar-refractivity contribution in [1.82, 2.24) is 0 Å². The highest BCUT2D eigenvalue weighted by molar-refractivity contribution is 7.08. The second-order valence-corrected chi connectivity index (χ2v) is 5.46. The van der Waals surface area contributed by atoms with Gasteiger partial charge < -0.3 is 4.90 Å². The first-order valence-corrected chi connectivity index (χ1v) is 7.58. The standard InChI is InChI=1S/C15H16ClNOS/c1-11-5-3-4-6-14(11)17(15(18)9-16)12(2)13-7-8-19-10-13/h3-8,10,12H,9H2,1-2H3. The Hall–Kier alpha value is -1.32. The Morgan fingerprint density at radius 1 is 1.37 bits per heavy atom. The number of anilines is 1. The van der Waals surface area contributed by atoms with Crippen LogP contribution in [0.15, 0.2) is 41.1 Å². The minimum atomic E-state index is -0.0744. The maximum Gasteiger partial charge on any atom is 0.242 e. The lowest BCUT2D eigenvalue weighted by Gasteiger charge is -2.29. The van der Waals surface area contributed by atoms with Gasteiger partial charge >= 0.3 is 0 Å². The molecule has 0 aliphatic heterocycles. The molecule has 0 aliphatic carbocycles. The molecule has 1 aromatic carbocycles. The van der Waals surface area contributed by atoms with Crippen LogP contribution in [0.2, 0.25) is 0 Å². The molecule has 0 bridgehead atoms. The van der Waals surface area contributed by atoms with E-state index in [1.807, 2.05) is 49.6 Å². The van der Waals surface area contributed by atoms with Crippen molar-refractivity contribution in [2.24, 2.45) is 0 Å². The molecule has 0 saturated heterocycles. The largest absolute Gasteiger partial charge is 0.304 e. The smallest absolute Gasteiger partial charge is 0.242 e. The highest BCUT2D eigenvalue weighted by Gasteiger charge is 2.23. The molecule has 1 heterocycles. The van der Waals surface area contributed by atoms with Crippen LogP contribution in [-0.4, -0.2) is 11.8 Å². The van der Waals surface area contributed by atoms with Crippen molar-refractivity contribution in [3.05, 3.63) is 52.2 Å². The predicted molar refractivity (Wildman–Crippen MR) is 82.1 cm³/mol. The number of carbonyl (C=O) groups excluding carboxylic acids is 1. The molecule has 1 amide bonds. The van der Waals surface area contributed by atoms with Gasteiger partial charge in [-0.05, 0) is 47.9 Å². The highest BCUT2D eigenvalue weighted by atomic mass is 35.5. The fourth-order valence-corrected chi connectivity index (χ4v) is 2.99. The van der Waals surface area contributed by atoms with E-state index in [1.165, 1.54) is 0 Å². The van der Waals surface area contributed by atoms with Crippen LogP contribution in [0.25, 0.3) is 0 Å². The molecule has 1 atom stereocenters. The average Bonchev–Trinajstić information content (AvgIpc) is 2.94. The molecule has 1 unspecified atom stereocenters. The molecule has 1 aromatic heterocycles. The van der Waals surface area contributed by atoms with Crippen LogP contribution in [-0.2, 0) is 4.79 Å². The molecule has 4 heteroatoms. The maximum absolute atomic E-state index is 12.2. The van der Waals surface area contributed by atoms with E-state index in [1.54, 1.807) is 16.2 Å². The van der Waals surface area contributed by atoms with Crippen molar-refractivity contribution in [1.29, 1.82) is 0 Å². The maximum atomic E-state index is 12.2. The molecular formula is C15H16ClNOS. The summed E-state index contributed by atoms with van der Waals surface area (Å²) in [6.07, 6.45) is 0. The zero-order valence-corrected chi connectivity index (χ0v) is 12.5. The van der Waals surface area contributed by atoms with Crippen molar-refractivity contribution >= 4 is 34.5 Å². The van der Waals surface area contributed by atoms with Crippen molar-refractivity contribution in [3.63, 3.8) is 0 Å². The van der Waals surface area contributed by atoms with Crippen molar-refractivity contribution in [2.75, 3.05) is 10.8 Å². The van der Waals surface area contributed by atoms with Crippen LogP contribution in [0.5, 0.6) is 0 Å². The topological polar surface area (TPSA) is 20.3 Å². The van der Waals surface area contributed by atoms with Crippen LogP contribution in [0.3, 0.4) is 0 Å². The number of hydrogen-bond donors (Lipinski definition) is 0. The van der Waals surface area contributed by atoms with Crippen LogP contribution in [0, 0.1) is 6.92 Å². The molecule has 2 aromatic rings. The van der Waals surface area contributed by atoms with Crippen molar-refractivity contribution in [2.45, 2.75) is 19.9 Å². The Morgan fingerprint density at radius 2 is 2.11 bits per heavy atom. The van der Waals surface area contributed by atoms with E-state index < -0.39 is 0 Å². The van der Waals surface area contributed by atoms with Gasteiger partial charge in [0, 0.05) is 5.69 Å². The van der Waals surface area contributed by atoms with Gasteiger partial charge in [0.2, 0.25) is 5.91 Å². The normalized spacial score (nSPS) is 12.2. The summed E-state index contributed by atoms with van der Waals surface area (Å²) in [7, 11) is 0. The van der Waals surface area contributed by atoms with E-state index in [2.05, 4.69) is 5.38 Å². The minimum absolute atomic E-state index is 0.0111. The summed E-state index contributed by atoms with van der Waals surface area (Å²) >= 11 is 7.40. The zero-order valence-electron chi connectivity index (χ0n) is 11.0. The number of benzene rings is 1. The third-order valence-electron chi connectivity index (χ3n) is 3.17. The number of carbonyl (C=O) groups is 1. The molecule has 0 fully saturated rings. The zero-order chi connectivity index (χ0) is 13.8. The Kier molecular flexibility index (Phi) is 4.61. The SMILES string of the molecule is Cc1ccccc1N(C(=O)CCl)C(C)c1ccsc1. The summed E-state index contributed by atoms with van der Waals surface area (Å²) in [6.45, 7) is 4.03. The summed E-state index contributed by atoms with van der Waals surface area (Å²) in [4.78, 5) is 14.0. The van der Waals surface area contributed by atoms with Gasteiger partial charge in [-0.3, -0.25) is 4.79 Å². The summed E-state index contributed by atoms with van der Waals surface area (Å²) < 4.78 is 0. The summed E-state index contributed by atoms with van der Waals surface area (Å²) in [6, 6.07) is 9.91. The minimum Gasteiger partial charge on any atom is -0.304 e. The van der Waals surface area contributed by atoms with E-state index in [9.17, 15) is 4.79 Å². The van der Waals surface area contributed by atoms with Crippen molar-refractivity contribution < 1.29 is 4.79 Å². The second kappa shape index (κ2) is 6.22. The van der Waals surface area contributed by atoms with Gasteiger partial charge in [-0.2, -0.15) is 11.3 Å². The average molecular weight is 294 g/mol. The Morgan fingerprint density at radius 3 is 2.68 bits per heavy atom. The first kappa shape index (κ1) is 14.1. The Balaban J connectivity index is 2.42. The quantitative estimate of drug-likeness (QED) is 0.766. The number of amides is 1. The van der Waals surface area contributed by atoms with E-state index in [4.69, 9.17) is 11.6 Å².